The van der Waals surface area contributed by atoms with Crippen molar-refractivity contribution in [2.45, 2.75) is 19.4 Å². The second kappa shape index (κ2) is 8.97. The lowest BCUT2D eigenvalue weighted by Crippen LogP contribution is -2.30. The number of aromatic nitrogens is 1. The molecule has 0 aliphatic heterocycles. The van der Waals surface area contributed by atoms with E-state index in [0.717, 1.165) is 28.6 Å². The van der Waals surface area contributed by atoms with Gasteiger partial charge in [0.1, 0.15) is 5.75 Å². The number of ketones is 1. The van der Waals surface area contributed by atoms with E-state index in [-0.39, 0.29) is 5.78 Å². The van der Waals surface area contributed by atoms with E-state index in [1.807, 2.05) is 48.5 Å². The highest BCUT2D eigenvalue weighted by Crippen LogP contribution is 2.30. The minimum atomic E-state index is -0.415. The monoisotopic (exact) mass is 398 g/mol. The van der Waals surface area contributed by atoms with E-state index in [4.69, 9.17) is 4.74 Å². The molecule has 4 heteroatoms. The van der Waals surface area contributed by atoms with Gasteiger partial charge >= 0.3 is 0 Å². The van der Waals surface area contributed by atoms with Gasteiger partial charge in [0, 0.05) is 23.7 Å². The summed E-state index contributed by atoms with van der Waals surface area (Å²) in [6.07, 6.45) is 2.64. The van der Waals surface area contributed by atoms with Crippen LogP contribution in [0.15, 0.2) is 79.0 Å². The number of methoxy groups -OCH3 is 1. The smallest absolute Gasteiger partial charge is 0.186 e. The zero-order valence-corrected chi connectivity index (χ0v) is 17.3. The van der Waals surface area contributed by atoms with Gasteiger partial charge in [-0.25, -0.2) is 0 Å². The van der Waals surface area contributed by atoms with Crippen molar-refractivity contribution in [3.8, 4) is 5.75 Å². The third-order valence-corrected chi connectivity index (χ3v) is 5.44. The molecule has 152 valence electrons. The molecule has 4 nitrogen and oxygen atoms in total. The molecule has 0 radical (unpaired) electrons. The minimum absolute atomic E-state index is 0.0459. The van der Waals surface area contributed by atoms with E-state index in [1.165, 1.54) is 11.1 Å². The van der Waals surface area contributed by atoms with Crippen LogP contribution in [0.25, 0.3) is 10.9 Å². The molecular weight excluding hydrogens is 372 g/mol. The molecule has 0 aliphatic rings. The Kier molecular flexibility index (Phi) is 5.96. The average molecular weight is 399 g/mol. The normalized spacial score (nSPS) is 12.1. The number of hydrogen-bond donors (Lipinski definition) is 2. The van der Waals surface area contributed by atoms with Crippen LogP contribution in [0.3, 0.4) is 0 Å². The number of para-hydroxylation sites is 1. The number of aryl methyl sites for hydroxylation is 1. The largest absolute Gasteiger partial charge is 0.495 e. The van der Waals surface area contributed by atoms with Crippen LogP contribution in [-0.4, -0.2) is 24.4 Å². The number of ether oxygens (including phenoxy) is 1. The van der Waals surface area contributed by atoms with Crippen molar-refractivity contribution < 1.29 is 9.53 Å². The molecule has 4 aromatic rings. The molecule has 3 aromatic carbocycles. The highest BCUT2D eigenvalue weighted by atomic mass is 16.5. The second-order valence-corrected chi connectivity index (χ2v) is 7.48. The molecule has 1 heterocycles. The number of benzene rings is 3. The Morgan fingerprint density at radius 1 is 1.00 bits per heavy atom. The lowest BCUT2D eigenvalue weighted by atomic mass is 9.96. The second-order valence-electron chi connectivity index (χ2n) is 7.48. The number of rotatable bonds is 8. The predicted molar refractivity (Wildman–Crippen MR) is 121 cm³/mol. The third kappa shape index (κ3) is 4.14. The lowest BCUT2D eigenvalue weighted by molar-refractivity contribution is 0.0945. The maximum absolute atomic E-state index is 13.6. The molecule has 0 saturated carbocycles. The van der Waals surface area contributed by atoms with Crippen molar-refractivity contribution in [2.75, 3.05) is 13.7 Å². The Hall–Kier alpha value is -3.37. The summed E-state index contributed by atoms with van der Waals surface area (Å²) in [6.45, 7) is 2.79. The van der Waals surface area contributed by atoms with Crippen LogP contribution < -0.4 is 10.1 Å². The number of nitrogens with one attached hydrogen (secondary N) is 2. The highest BCUT2D eigenvalue weighted by molar-refractivity contribution is 6.11. The maximum Gasteiger partial charge on any atom is 0.186 e. The fourth-order valence-electron chi connectivity index (χ4n) is 3.78. The molecule has 0 fully saturated rings. The van der Waals surface area contributed by atoms with E-state index in [0.29, 0.717) is 12.1 Å². The molecule has 0 bridgehead atoms. The molecule has 0 unspecified atom stereocenters. The Morgan fingerprint density at radius 2 is 1.77 bits per heavy atom. The van der Waals surface area contributed by atoms with Crippen LogP contribution in [0.2, 0.25) is 0 Å². The first kappa shape index (κ1) is 19.9. The van der Waals surface area contributed by atoms with Crippen molar-refractivity contribution in [3.05, 3.63) is 101 Å². The van der Waals surface area contributed by atoms with Gasteiger partial charge in [0.2, 0.25) is 0 Å². The summed E-state index contributed by atoms with van der Waals surface area (Å²) in [5.41, 5.74) is 4.97. The van der Waals surface area contributed by atoms with Gasteiger partial charge in [-0.05, 0) is 30.5 Å². The van der Waals surface area contributed by atoms with Crippen molar-refractivity contribution in [1.82, 2.24) is 10.3 Å². The van der Waals surface area contributed by atoms with Gasteiger partial charge in [0.25, 0.3) is 0 Å². The summed E-state index contributed by atoms with van der Waals surface area (Å²) in [6, 6.07) is 23.8. The molecule has 30 heavy (non-hydrogen) atoms. The van der Waals surface area contributed by atoms with Crippen LogP contribution in [0.4, 0.5) is 0 Å². The number of Topliss-reactive ketones (excluding diaryl/α,β-unsaturated/α-hetero) is 1. The number of carbonyl (C=O) groups excluding carboxylic acids is 1. The van der Waals surface area contributed by atoms with Crippen LogP contribution in [0, 0.1) is 6.92 Å². The number of fused-ring (bicyclic) bond motifs is 1. The van der Waals surface area contributed by atoms with Gasteiger partial charge < -0.3 is 15.0 Å². The quantitative estimate of drug-likeness (QED) is 0.399. The van der Waals surface area contributed by atoms with Gasteiger partial charge in [0.15, 0.2) is 5.78 Å². The number of carbonyl (C=O) groups is 1. The number of aromatic amines is 1. The van der Waals surface area contributed by atoms with Gasteiger partial charge in [-0.15, -0.1) is 0 Å². The number of H-pyrrole nitrogens is 1. The first-order valence-corrected chi connectivity index (χ1v) is 10.2. The predicted octanol–water partition coefficient (Wildman–Crippen LogP) is 5.24. The maximum atomic E-state index is 13.6. The van der Waals surface area contributed by atoms with Crippen molar-refractivity contribution in [3.63, 3.8) is 0 Å². The molecule has 1 aromatic heterocycles. The standard InChI is InChI=1S/C26H26N2O2/c1-18-11-13-19(14-12-18)15-16-27-24(20-7-4-3-5-8-20)26(29)22-17-28-25-21(22)9-6-10-23(25)30-2/h3-14,17,24,27-28H,15-16H2,1-2H3/t24-/m1/s1. The molecule has 0 aliphatic carbocycles. The summed E-state index contributed by atoms with van der Waals surface area (Å²) in [5, 5.41) is 4.36. The fraction of sp³-hybridized carbons (Fsp3) is 0.192. The summed E-state index contributed by atoms with van der Waals surface area (Å²) in [7, 11) is 1.64. The first-order chi connectivity index (χ1) is 14.7. The van der Waals surface area contributed by atoms with Gasteiger partial charge in [0.05, 0.1) is 18.7 Å². The average Bonchev–Trinajstić information content (AvgIpc) is 3.22. The zero-order chi connectivity index (χ0) is 20.9. The molecule has 2 N–H and O–H groups in total. The Bertz CT molecular complexity index is 1130. The molecule has 4 rings (SSSR count). The van der Waals surface area contributed by atoms with Crippen molar-refractivity contribution in [1.29, 1.82) is 0 Å². The zero-order valence-electron chi connectivity index (χ0n) is 17.3. The Labute approximate surface area is 176 Å². The SMILES string of the molecule is COc1cccc2c(C(=O)[C@H](NCCc3ccc(C)cc3)c3ccccc3)c[nH]c12. The highest BCUT2D eigenvalue weighted by Gasteiger charge is 2.24. The van der Waals surface area contributed by atoms with Crippen LogP contribution in [0.5, 0.6) is 5.75 Å². The topological polar surface area (TPSA) is 54.1 Å². The third-order valence-electron chi connectivity index (χ3n) is 5.44. The lowest BCUT2D eigenvalue weighted by Gasteiger charge is -2.18. The Balaban J connectivity index is 1.60. The Morgan fingerprint density at radius 3 is 2.50 bits per heavy atom. The summed E-state index contributed by atoms with van der Waals surface area (Å²) in [5.74, 6) is 0.778. The van der Waals surface area contributed by atoms with E-state index in [9.17, 15) is 4.79 Å². The van der Waals surface area contributed by atoms with Crippen molar-refractivity contribution in [2.24, 2.45) is 0 Å². The summed E-state index contributed by atoms with van der Waals surface area (Å²) < 4.78 is 5.43. The molecule has 0 saturated heterocycles. The molecular formula is C26H26N2O2. The van der Waals surface area contributed by atoms with E-state index in [2.05, 4.69) is 41.5 Å². The van der Waals surface area contributed by atoms with E-state index < -0.39 is 6.04 Å². The van der Waals surface area contributed by atoms with Gasteiger partial charge in [-0.2, -0.15) is 0 Å². The van der Waals surface area contributed by atoms with Crippen LogP contribution >= 0.6 is 0 Å². The van der Waals surface area contributed by atoms with Crippen LogP contribution in [-0.2, 0) is 6.42 Å². The fourth-order valence-corrected chi connectivity index (χ4v) is 3.78. The number of hydrogen-bond acceptors (Lipinski definition) is 3. The van der Waals surface area contributed by atoms with Gasteiger partial charge in [-0.1, -0.05) is 72.3 Å². The van der Waals surface area contributed by atoms with E-state index in [1.54, 1.807) is 13.3 Å². The molecule has 0 amide bonds. The molecule has 0 spiro atoms. The van der Waals surface area contributed by atoms with E-state index >= 15 is 0 Å². The molecule has 1 atom stereocenters. The van der Waals surface area contributed by atoms with Gasteiger partial charge in [-0.3, -0.25) is 4.79 Å². The minimum Gasteiger partial charge on any atom is -0.495 e. The van der Waals surface area contributed by atoms with Crippen LogP contribution in [0.1, 0.15) is 33.1 Å². The summed E-state index contributed by atoms with van der Waals surface area (Å²) >= 11 is 0. The summed E-state index contributed by atoms with van der Waals surface area (Å²) in [4.78, 5) is 16.8. The van der Waals surface area contributed by atoms with Crippen molar-refractivity contribution >= 4 is 16.7 Å². The first-order valence-electron chi connectivity index (χ1n) is 10.2.